The Morgan fingerprint density at radius 1 is 1.24 bits per heavy atom. The molecule has 0 saturated heterocycles. The maximum absolute atomic E-state index is 13.7. The van der Waals surface area contributed by atoms with Crippen molar-refractivity contribution in [3.8, 4) is 5.75 Å². The van der Waals surface area contributed by atoms with E-state index in [1.165, 1.54) is 25.0 Å². The van der Waals surface area contributed by atoms with Crippen molar-refractivity contribution in [2.75, 3.05) is 7.11 Å². The van der Waals surface area contributed by atoms with Crippen LogP contribution in [0.4, 0.5) is 4.39 Å². The molecular weight excluding hydrogens is 371 g/mol. The van der Waals surface area contributed by atoms with E-state index < -0.39 is 5.97 Å². The van der Waals surface area contributed by atoms with Crippen molar-refractivity contribution >= 4 is 16.9 Å². The molecule has 0 atom stereocenters. The number of carbonyl (C=O) groups is 1. The molecule has 4 rings (SSSR count). The Balaban J connectivity index is 1.82. The van der Waals surface area contributed by atoms with Crippen LogP contribution in [0.1, 0.15) is 47.3 Å². The van der Waals surface area contributed by atoms with Crippen molar-refractivity contribution in [3.63, 3.8) is 0 Å². The van der Waals surface area contributed by atoms with Gasteiger partial charge in [0.1, 0.15) is 17.3 Å². The average Bonchev–Trinajstić information content (AvgIpc) is 3.32. The lowest BCUT2D eigenvalue weighted by Gasteiger charge is -2.13. The van der Waals surface area contributed by atoms with Gasteiger partial charge in [0.15, 0.2) is 0 Å². The number of carboxylic acid groups (broad SMARTS) is 1. The van der Waals surface area contributed by atoms with Gasteiger partial charge in [-0.1, -0.05) is 25.0 Å². The van der Waals surface area contributed by atoms with Crippen LogP contribution in [-0.2, 0) is 13.1 Å². The van der Waals surface area contributed by atoms with Gasteiger partial charge in [-0.3, -0.25) is 0 Å². The molecule has 1 aromatic heterocycles. The second-order valence-corrected chi connectivity index (χ2v) is 7.59. The van der Waals surface area contributed by atoms with Crippen LogP contribution in [0.3, 0.4) is 0 Å². The number of halogens is 1. The van der Waals surface area contributed by atoms with E-state index >= 15 is 0 Å². The number of hydrogen-bond donors (Lipinski definition) is 2. The largest absolute Gasteiger partial charge is 0.497 e. The van der Waals surface area contributed by atoms with E-state index in [9.17, 15) is 14.3 Å². The summed E-state index contributed by atoms with van der Waals surface area (Å²) in [6.07, 6.45) is 4.67. The minimum absolute atomic E-state index is 0.239. The minimum atomic E-state index is -0.986. The van der Waals surface area contributed by atoms with Crippen molar-refractivity contribution in [1.82, 2.24) is 9.88 Å². The van der Waals surface area contributed by atoms with Crippen LogP contribution in [-0.4, -0.2) is 28.8 Å². The summed E-state index contributed by atoms with van der Waals surface area (Å²) in [6.45, 7) is 0.762. The fourth-order valence-corrected chi connectivity index (χ4v) is 4.31. The number of ether oxygens (including phenoxy) is 1. The summed E-state index contributed by atoms with van der Waals surface area (Å²) >= 11 is 0. The molecule has 0 unspecified atom stereocenters. The second kappa shape index (κ2) is 8.25. The van der Waals surface area contributed by atoms with Gasteiger partial charge in [-0.15, -0.1) is 0 Å². The van der Waals surface area contributed by atoms with Gasteiger partial charge in [-0.25, -0.2) is 9.18 Å². The molecule has 0 spiro atoms. The van der Waals surface area contributed by atoms with Crippen molar-refractivity contribution in [1.29, 1.82) is 0 Å². The smallest absolute Gasteiger partial charge is 0.352 e. The number of fused-ring (bicyclic) bond motifs is 1. The zero-order valence-corrected chi connectivity index (χ0v) is 16.5. The average molecular weight is 396 g/mol. The van der Waals surface area contributed by atoms with E-state index in [1.54, 1.807) is 23.8 Å². The van der Waals surface area contributed by atoms with Crippen LogP contribution in [0, 0.1) is 5.82 Å². The van der Waals surface area contributed by atoms with Crippen molar-refractivity contribution < 1.29 is 19.0 Å². The summed E-state index contributed by atoms with van der Waals surface area (Å²) < 4.78 is 20.8. The lowest BCUT2D eigenvalue weighted by Crippen LogP contribution is -2.26. The first kappa shape index (κ1) is 19.5. The molecule has 0 aliphatic heterocycles. The van der Waals surface area contributed by atoms with Gasteiger partial charge in [0.2, 0.25) is 0 Å². The molecule has 6 heteroatoms. The molecule has 1 saturated carbocycles. The monoisotopic (exact) mass is 396 g/mol. The van der Waals surface area contributed by atoms with Crippen LogP contribution in [0.15, 0.2) is 42.5 Å². The number of aromatic nitrogens is 1. The van der Waals surface area contributed by atoms with Crippen molar-refractivity contribution in [2.45, 2.75) is 44.8 Å². The van der Waals surface area contributed by atoms with Crippen LogP contribution in [0.2, 0.25) is 0 Å². The maximum atomic E-state index is 13.7. The van der Waals surface area contributed by atoms with E-state index in [2.05, 4.69) is 5.32 Å². The van der Waals surface area contributed by atoms with E-state index in [-0.39, 0.29) is 18.1 Å². The highest BCUT2D eigenvalue weighted by Gasteiger charge is 2.24. The number of aromatic carboxylic acids is 1. The second-order valence-electron chi connectivity index (χ2n) is 7.59. The number of methoxy groups -OCH3 is 1. The summed E-state index contributed by atoms with van der Waals surface area (Å²) in [4.78, 5) is 12.3. The standard InChI is InChI=1S/C23H25FN2O3/c1-29-18-9-10-19-20(13-25-17-7-2-3-8-17)22(23(27)28)26(21(19)12-18)14-15-5-4-6-16(24)11-15/h4-6,9-12,17,25H,2-3,7-8,13-14H2,1H3,(H,27,28). The van der Waals surface area contributed by atoms with Gasteiger partial charge >= 0.3 is 5.97 Å². The Hall–Kier alpha value is -2.86. The number of benzene rings is 2. The third-order valence-electron chi connectivity index (χ3n) is 5.73. The van der Waals surface area contributed by atoms with Crippen LogP contribution >= 0.6 is 0 Å². The van der Waals surface area contributed by atoms with Crippen LogP contribution in [0.5, 0.6) is 5.75 Å². The summed E-state index contributed by atoms with van der Waals surface area (Å²) in [6, 6.07) is 12.3. The van der Waals surface area contributed by atoms with Crippen LogP contribution in [0.25, 0.3) is 10.9 Å². The third-order valence-corrected chi connectivity index (χ3v) is 5.73. The Kier molecular flexibility index (Phi) is 5.53. The molecule has 1 fully saturated rings. The third kappa shape index (κ3) is 3.98. The van der Waals surface area contributed by atoms with Gasteiger partial charge in [0.25, 0.3) is 0 Å². The lowest BCUT2D eigenvalue weighted by molar-refractivity contribution is 0.0684. The quantitative estimate of drug-likeness (QED) is 0.614. The molecule has 1 heterocycles. The molecule has 152 valence electrons. The summed E-state index contributed by atoms with van der Waals surface area (Å²) in [7, 11) is 1.59. The SMILES string of the molecule is COc1ccc2c(CNC3CCCC3)c(C(=O)O)n(Cc3cccc(F)c3)c2c1. The Morgan fingerprint density at radius 3 is 2.72 bits per heavy atom. The predicted octanol–water partition coefficient (Wildman–Crippen LogP) is 4.57. The Bertz CT molecular complexity index is 1040. The minimum Gasteiger partial charge on any atom is -0.497 e. The molecule has 1 aliphatic carbocycles. The van der Waals surface area contributed by atoms with E-state index in [1.807, 2.05) is 18.2 Å². The highest BCUT2D eigenvalue weighted by molar-refractivity contribution is 5.98. The highest BCUT2D eigenvalue weighted by atomic mass is 19.1. The first-order valence-electron chi connectivity index (χ1n) is 9.97. The molecule has 2 aromatic carbocycles. The number of nitrogens with one attached hydrogen (secondary N) is 1. The first-order valence-corrected chi connectivity index (χ1v) is 9.97. The van der Waals surface area contributed by atoms with E-state index in [0.717, 1.165) is 29.3 Å². The zero-order valence-electron chi connectivity index (χ0n) is 16.5. The molecule has 2 N–H and O–H groups in total. The fraction of sp³-hybridized carbons (Fsp3) is 0.348. The number of carboxylic acids is 1. The number of nitrogens with zero attached hydrogens (tertiary/aromatic N) is 1. The fourth-order valence-electron chi connectivity index (χ4n) is 4.31. The van der Waals surface area contributed by atoms with Gasteiger partial charge in [0, 0.05) is 36.1 Å². The predicted molar refractivity (Wildman–Crippen MR) is 110 cm³/mol. The summed E-state index contributed by atoms with van der Waals surface area (Å²) in [5.74, 6) is -0.668. The zero-order chi connectivity index (χ0) is 20.4. The summed E-state index contributed by atoms with van der Waals surface area (Å²) in [5, 5.41) is 14.5. The highest BCUT2D eigenvalue weighted by Crippen LogP contribution is 2.31. The molecule has 0 radical (unpaired) electrons. The maximum Gasteiger partial charge on any atom is 0.352 e. The molecule has 5 nitrogen and oxygen atoms in total. The van der Waals surface area contributed by atoms with Crippen LogP contribution < -0.4 is 10.1 Å². The lowest BCUT2D eigenvalue weighted by atomic mass is 10.1. The molecule has 3 aromatic rings. The van der Waals surface area contributed by atoms with Crippen molar-refractivity contribution in [2.24, 2.45) is 0 Å². The van der Waals surface area contributed by atoms with Gasteiger partial charge in [0.05, 0.1) is 12.6 Å². The van der Waals surface area contributed by atoms with E-state index in [4.69, 9.17) is 4.74 Å². The molecule has 0 bridgehead atoms. The van der Waals surface area contributed by atoms with E-state index in [0.29, 0.717) is 23.9 Å². The molecule has 0 amide bonds. The molecule has 29 heavy (non-hydrogen) atoms. The summed E-state index contributed by atoms with van der Waals surface area (Å²) in [5.41, 5.74) is 2.48. The Morgan fingerprint density at radius 2 is 2.03 bits per heavy atom. The molecular formula is C23H25FN2O3. The molecule has 1 aliphatic rings. The number of hydrogen-bond acceptors (Lipinski definition) is 3. The Labute approximate surface area is 169 Å². The normalized spacial score (nSPS) is 14.6. The van der Waals surface area contributed by atoms with Crippen molar-refractivity contribution in [3.05, 3.63) is 65.1 Å². The number of rotatable bonds is 7. The first-order chi connectivity index (χ1) is 14.1. The van der Waals surface area contributed by atoms with Gasteiger partial charge < -0.3 is 19.7 Å². The van der Waals surface area contributed by atoms with Gasteiger partial charge in [-0.2, -0.15) is 0 Å². The van der Waals surface area contributed by atoms with Gasteiger partial charge in [-0.05, 0) is 42.7 Å². The topological polar surface area (TPSA) is 63.5 Å².